The number of hydrogen-bond donors (Lipinski definition) is 0. The number of carbonyl (C=O) groups is 1. The van der Waals surface area contributed by atoms with Gasteiger partial charge in [0.25, 0.3) is 0 Å². The summed E-state index contributed by atoms with van der Waals surface area (Å²) in [5.74, 6) is 0.430. The van der Waals surface area contributed by atoms with Crippen molar-refractivity contribution in [3.8, 4) is 0 Å². The van der Waals surface area contributed by atoms with Gasteiger partial charge in [-0.15, -0.1) is 0 Å². The number of allylic oxidation sites excluding steroid dienone is 5. The zero-order valence-electron chi connectivity index (χ0n) is 14.4. The molecule has 1 atom stereocenters. The van der Waals surface area contributed by atoms with Crippen molar-refractivity contribution in [2.75, 3.05) is 7.11 Å². The van der Waals surface area contributed by atoms with E-state index in [4.69, 9.17) is 0 Å². The second-order valence-electron chi connectivity index (χ2n) is 5.47. The van der Waals surface area contributed by atoms with E-state index in [1.165, 1.54) is 45.3 Å². The SMILES string of the molecule is CCC(=CCCC(CC)CC=CC(C)=CC(=O)OC)CC. The van der Waals surface area contributed by atoms with E-state index in [1.807, 2.05) is 13.0 Å². The lowest BCUT2D eigenvalue weighted by molar-refractivity contribution is -0.134. The maximum atomic E-state index is 11.1. The minimum Gasteiger partial charge on any atom is -0.466 e. The second kappa shape index (κ2) is 12.4. The monoisotopic (exact) mass is 292 g/mol. The molecule has 0 aliphatic rings. The Morgan fingerprint density at radius 2 is 1.86 bits per heavy atom. The van der Waals surface area contributed by atoms with Crippen molar-refractivity contribution in [1.29, 1.82) is 0 Å². The van der Waals surface area contributed by atoms with Gasteiger partial charge >= 0.3 is 5.97 Å². The van der Waals surface area contributed by atoms with Crippen LogP contribution in [0.2, 0.25) is 0 Å². The predicted molar refractivity (Wildman–Crippen MR) is 91.2 cm³/mol. The summed E-state index contributed by atoms with van der Waals surface area (Å²) < 4.78 is 4.61. The van der Waals surface area contributed by atoms with E-state index in [0.29, 0.717) is 0 Å². The standard InChI is InChI=1S/C19H32O2/c1-6-17(7-2)12-10-14-18(8-3)13-9-11-16(4)15-19(20)21-5/h9,11-12,15,18H,6-8,10,13-14H2,1-5H3. The Balaban J connectivity index is 4.24. The van der Waals surface area contributed by atoms with E-state index in [9.17, 15) is 4.79 Å². The zero-order chi connectivity index (χ0) is 16.1. The molecule has 0 N–H and O–H groups in total. The maximum absolute atomic E-state index is 11.1. The third kappa shape index (κ3) is 10.1. The number of ether oxygens (including phenoxy) is 1. The van der Waals surface area contributed by atoms with E-state index in [1.54, 1.807) is 5.57 Å². The van der Waals surface area contributed by atoms with Crippen molar-refractivity contribution in [3.05, 3.63) is 35.5 Å². The van der Waals surface area contributed by atoms with Gasteiger partial charge in [0, 0.05) is 6.08 Å². The summed E-state index contributed by atoms with van der Waals surface area (Å²) in [5, 5.41) is 0. The van der Waals surface area contributed by atoms with Crippen molar-refractivity contribution in [2.45, 2.75) is 66.2 Å². The van der Waals surface area contributed by atoms with E-state index in [0.717, 1.165) is 17.9 Å². The Hall–Kier alpha value is -1.31. The minimum atomic E-state index is -0.291. The van der Waals surface area contributed by atoms with E-state index < -0.39 is 0 Å². The van der Waals surface area contributed by atoms with Crippen molar-refractivity contribution in [1.82, 2.24) is 0 Å². The van der Waals surface area contributed by atoms with Gasteiger partial charge in [-0.2, -0.15) is 0 Å². The van der Waals surface area contributed by atoms with Crippen LogP contribution in [0.4, 0.5) is 0 Å². The number of hydrogen-bond acceptors (Lipinski definition) is 2. The third-order valence-corrected chi connectivity index (χ3v) is 3.89. The largest absolute Gasteiger partial charge is 0.466 e. The van der Waals surface area contributed by atoms with Crippen molar-refractivity contribution >= 4 is 5.97 Å². The molecule has 0 aliphatic heterocycles. The fourth-order valence-electron chi connectivity index (χ4n) is 2.29. The quantitative estimate of drug-likeness (QED) is 0.226. The zero-order valence-corrected chi connectivity index (χ0v) is 14.4. The van der Waals surface area contributed by atoms with Gasteiger partial charge in [-0.1, -0.05) is 51.0 Å². The summed E-state index contributed by atoms with van der Waals surface area (Å²) in [5.41, 5.74) is 2.51. The summed E-state index contributed by atoms with van der Waals surface area (Å²) >= 11 is 0. The van der Waals surface area contributed by atoms with E-state index in [2.05, 4.69) is 37.7 Å². The molecule has 0 rings (SSSR count). The molecule has 0 aliphatic carbocycles. The summed E-state index contributed by atoms with van der Waals surface area (Å²) in [6.45, 7) is 8.63. The van der Waals surface area contributed by atoms with Gasteiger partial charge in [0.15, 0.2) is 0 Å². The molecule has 0 saturated heterocycles. The lowest BCUT2D eigenvalue weighted by Gasteiger charge is -2.11. The van der Waals surface area contributed by atoms with Crippen LogP contribution in [0, 0.1) is 5.92 Å². The molecule has 0 aromatic heterocycles. The molecule has 1 unspecified atom stereocenters. The van der Waals surface area contributed by atoms with Gasteiger partial charge in [-0.25, -0.2) is 4.79 Å². The molecule has 0 spiro atoms. The first-order valence-electron chi connectivity index (χ1n) is 8.17. The van der Waals surface area contributed by atoms with Gasteiger partial charge in [0.05, 0.1) is 7.11 Å². The molecule has 21 heavy (non-hydrogen) atoms. The van der Waals surface area contributed by atoms with Crippen molar-refractivity contribution in [3.63, 3.8) is 0 Å². The molecule has 0 aromatic carbocycles. The van der Waals surface area contributed by atoms with Crippen LogP contribution in [0.5, 0.6) is 0 Å². The summed E-state index contributed by atoms with van der Waals surface area (Å²) in [6, 6.07) is 0. The van der Waals surface area contributed by atoms with Crippen LogP contribution in [0.1, 0.15) is 66.2 Å². The molecule has 120 valence electrons. The molecule has 2 nitrogen and oxygen atoms in total. The highest BCUT2D eigenvalue weighted by molar-refractivity contribution is 5.83. The van der Waals surface area contributed by atoms with Gasteiger partial charge in [0.2, 0.25) is 0 Å². The first-order valence-corrected chi connectivity index (χ1v) is 8.17. The first kappa shape index (κ1) is 19.7. The number of rotatable bonds is 10. The molecule has 0 amide bonds. The topological polar surface area (TPSA) is 26.3 Å². The molecule has 0 fully saturated rings. The van der Waals surface area contributed by atoms with Crippen molar-refractivity contribution < 1.29 is 9.53 Å². The van der Waals surface area contributed by atoms with E-state index in [-0.39, 0.29) is 5.97 Å². The highest BCUT2D eigenvalue weighted by Gasteiger charge is 2.03. The highest BCUT2D eigenvalue weighted by Crippen LogP contribution is 2.18. The number of esters is 1. The van der Waals surface area contributed by atoms with Gasteiger partial charge in [0.1, 0.15) is 0 Å². The fourth-order valence-corrected chi connectivity index (χ4v) is 2.29. The van der Waals surface area contributed by atoms with Crippen LogP contribution >= 0.6 is 0 Å². The van der Waals surface area contributed by atoms with Crippen LogP contribution < -0.4 is 0 Å². The van der Waals surface area contributed by atoms with Crippen LogP contribution in [0.25, 0.3) is 0 Å². The molecule has 2 heteroatoms. The van der Waals surface area contributed by atoms with Crippen LogP contribution in [-0.2, 0) is 9.53 Å². The highest BCUT2D eigenvalue weighted by atomic mass is 16.5. The van der Waals surface area contributed by atoms with Gasteiger partial charge in [-0.05, 0) is 50.5 Å². The summed E-state index contributed by atoms with van der Waals surface area (Å²) in [7, 11) is 1.40. The average Bonchev–Trinajstić information content (AvgIpc) is 2.49. The lowest BCUT2D eigenvalue weighted by atomic mass is 9.95. The predicted octanol–water partition coefficient (Wildman–Crippen LogP) is 5.60. The normalized spacial score (nSPS) is 13.3. The fraction of sp³-hybridized carbons (Fsp3) is 0.632. The van der Waals surface area contributed by atoms with E-state index >= 15 is 0 Å². The lowest BCUT2D eigenvalue weighted by Crippen LogP contribution is -1.97. The number of carbonyl (C=O) groups excluding carboxylic acids is 1. The molecule has 0 heterocycles. The Kier molecular flexibility index (Phi) is 11.7. The minimum absolute atomic E-state index is 0.291. The maximum Gasteiger partial charge on any atom is 0.330 e. The second-order valence-corrected chi connectivity index (χ2v) is 5.47. The van der Waals surface area contributed by atoms with Crippen LogP contribution in [0.3, 0.4) is 0 Å². The third-order valence-electron chi connectivity index (χ3n) is 3.89. The first-order chi connectivity index (χ1) is 10.1. The Morgan fingerprint density at radius 3 is 2.38 bits per heavy atom. The summed E-state index contributed by atoms with van der Waals surface area (Å²) in [4.78, 5) is 11.1. The summed E-state index contributed by atoms with van der Waals surface area (Å²) in [6.07, 6.45) is 15.2. The Morgan fingerprint density at radius 1 is 1.19 bits per heavy atom. The molecular formula is C19H32O2. The Bertz CT molecular complexity index is 369. The molecule has 0 aromatic rings. The molecular weight excluding hydrogens is 260 g/mol. The smallest absolute Gasteiger partial charge is 0.330 e. The van der Waals surface area contributed by atoms with Crippen molar-refractivity contribution in [2.24, 2.45) is 5.92 Å². The van der Waals surface area contributed by atoms with Gasteiger partial charge in [-0.3, -0.25) is 0 Å². The van der Waals surface area contributed by atoms with Gasteiger partial charge < -0.3 is 4.74 Å². The molecule has 0 saturated carbocycles. The van der Waals surface area contributed by atoms with Crippen LogP contribution in [0.15, 0.2) is 35.5 Å². The average molecular weight is 292 g/mol. The number of methoxy groups -OCH3 is 1. The molecule has 0 bridgehead atoms. The van der Waals surface area contributed by atoms with Crippen LogP contribution in [-0.4, -0.2) is 13.1 Å². The molecule has 0 radical (unpaired) electrons. The Labute approximate surface area is 131 Å².